The van der Waals surface area contributed by atoms with E-state index in [4.69, 9.17) is 0 Å². The molecule has 1 saturated heterocycles. The maximum atomic E-state index is 9.94. The number of piperazine rings is 1. The Kier molecular flexibility index (Phi) is 7.54. The highest BCUT2D eigenvalue weighted by molar-refractivity contribution is 14.0. The number of nitrogens with zero attached hydrogens (tertiary/aromatic N) is 4. The standard InChI is InChI=1S/C17H27N5O.HI/c1-18-17(20-13-14-5-4-6-15(14)23)22-11-9-21(10-12-22)16-7-2-3-8-19-16;/h2-3,7-8,14-15,23H,4-6,9-13H2,1H3,(H,18,20);1H. The van der Waals surface area contributed by atoms with Gasteiger partial charge in [-0.15, -0.1) is 24.0 Å². The number of aromatic nitrogens is 1. The second-order valence-electron chi connectivity index (χ2n) is 6.35. The third kappa shape index (κ3) is 4.72. The van der Waals surface area contributed by atoms with Crippen molar-refractivity contribution in [2.75, 3.05) is 44.7 Å². The lowest BCUT2D eigenvalue weighted by atomic mass is 10.1. The van der Waals surface area contributed by atoms with Crippen LogP contribution < -0.4 is 10.2 Å². The fraction of sp³-hybridized carbons (Fsp3) is 0.647. The first-order valence-electron chi connectivity index (χ1n) is 8.57. The topological polar surface area (TPSA) is 64.0 Å². The van der Waals surface area contributed by atoms with E-state index < -0.39 is 0 Å². The molecule has 6 nitrogen and oxygen atoms in total. The lowest BCUT2D eigenvalue weighted by Gasteiger charge is -2.37. The maximum absolute atomic E-state index is 9.94. The number of hydrogen-bond donors (Lipinski definition) is 2. The van der Waals surface area contributed by atoms with Crippen molar-refractivity contribution in [3.05, 3.63) is 24.4 Å². The van der Waals surface area contributed by atoms with Gasteiger partial charge in [-0.1, -0.05) is 12.5 Å². The number of hydrogen-bond acceptors (Lipinski definition) is 4. The van der Waals surface area contributed by atoms with Gasteiger partial charge in [-0.25, -0.2) is 4.98 Å². The predicted octanol–water partition coefficient (Wildman–Crippen LogP) is 1.56. The number of pyridine rings is 1. The predicted molar refractivity (Wildman–Crippen MR) is 108 cm³/mol. The summed E-state index contributed by atoms with van der Waals surface area (Å²) in [4.78, 5) is 13.4. The van der Waals surface area contributed by atoms with Crippen LogP contribution in [0.1, 0.15) is 19.3 Å². The number of halogens is 1. The Morgan fingerprint density at radius 3 is 2.67 bits per heavy atom. The second kappa shape index (κ2) is 9.41. The summed E-state index contributed by atoms with van der Waals surface area (Å²) >= 11 is 0. The average molecular weight is 445 g/mol. The summed E-state index contributed by atoms with van der Waals surface area (Å²) in [5, 5.41) is 13.4. The van der Waals surface area contributed by atoms with E-state index in [9.17, 15) is 5.11 Å². The number of rotatable bonds is 3. The lowest BCUT2D eigenvalue weighted by molar-refractivity contribution is 0.133. The number of guanidine groups is 1. The van der Waals surface area contributed by atoms with Crippen molar-refractivity contribution in [3.63, 3.8) is 0 Å². The summed E-state index contributed by atoms with van der Waals surface area (Å²) < 4.78 is 0. The van der Waals surface area contributed by atoms with E-state index in [0.717, 1.165) is 63.8 Å². The summed E-state index contributed by atoms with van der Waals surface area (Å²) in [5.41, 5.74) is 0. The molecule has 1 aliphatic carbocycles. The van der Waals surface area contributed by atoms with E-state index in [1.54, 1.807) is 0 Å². The van der Waals surface area contributed by atoms with Crippen LogP contribution in [-0.4, -0.2) is 66.8 Å². The van der Waals surface area contributed by atoms with Crippen LogP contribution in [0.4, 0.5) is 5.82 Å². The van der Waals surface area contributed by atoms with Crippen molar-refractivity contribution < 1.29 is 5.11 Å². The molecular weight excluding hydrogens is 417 g/mol. The minimum absolute atomic E-state index is 0. The number of anilines is 1. The Labute approximate surface area is 161 Å². The Bertz CT molecular complexity index is 519. The third-order valence-corrected chi connectivity index (χ3v) is 4.91. The van der Waals surface area contributed by atoms with E-state index in [0.29, 0.717) is 5.92 Å². The fourth-order valence-corrected chi connectivity index (χ4v) is 3.50. The van der Waals surface area contributed by atoms with Crippen LogP contribution in [0.2, 0.25) is 0 Å². The fourth-order valence-electron chi connectivity index (χ4n) is 3.50. The summed E-state index contributed by atoms with van der Waals surface area (Å²) in [5.74, 6) is 2.36. The maximum Gasteiger partial charge on any atom is 0.193 e. The van der Waals surface area contributed by atoms with Gasteiger partial charge in [0.05, 0.1) is 6.10 Å². The molecule has 0 radical (unpaired) electrons. The molecule has 2 unspecified atom stereocenters. The first-order valence-corrected chi connectivity index (χ1v) is 8.57. The van der Waals surface area contributed by atoms with E-state index in [2.05, 4.69) is 31.2 Å². The van der Waals surface area contributed by atoms with Crippen LogP contribution in [0.15, 0.2) is 29.4 Å². The number of aliphatic imine (C=N–C) groups is 1. The lowest BCUT2D eigenvalue weighted by Crippen LogP contribution is -2.53. The second-order valence-corrected chi connectivity index (χ2v) is 6.35. The molecular formula is C17H28IN5O. The Hall–Kier alpha value is -1.09. The van der Waals surface area contributed by atoms with Crippen molar-refractivity contribution in [3.8, 4) is 0 Å². The molecule has 0 bridgehead atoms. The van der Waals surface area contributed by atoms with E-state index in [-0.39, 0.29) is 30.1 Å². The molecule has 1 aliphatic heterocycles. The Balaban J connectivity index is 0.00000208. The minimum Gasteiger partial charge on any atom is -0.393 e. The molecule has 2 fully saturated rings. The zero-order valence-corrected chi connectivity index (χ0v) is 16.6. The molecule has 1 aromatic heterocycles. The minimum atomic E-state index is -0.151. The summed E-state index contributed by atoms with van der Waals surface area (Å²) in [6.45, 7) is 4.58. The zero-order chi connectivity index (χ0) is 16.1. The van der Waals surface area contributed by atoms with Crippen molar-refractivity contribution in [2.45, 2.75) is 25.4 Å². The largest absolute Gasteiger partial charge is 0.393 e. The van der Waals surface area contributed by atoms with Gasteiger partial charge in [-0.3, -0.25) is 4.99 Å². The van der Waals surface area contributed by atoms with Crippen molar-refractivity contribution in [1.82, 2.24) is 15.2 Å². The molecule has 2 N–H and O–H groups in total. The van der Waals surface area contributed by atoms with Crippen molar-refractivity contribution in [2.24, 2.45) is 10.9 Å². The smallest absolute Gasteiger partial charge is 0.193 e. The average Bonchev–Trinajstić information content (AvgIpc) is 3.02. The zero-order valence-electron chi connectivity index (χ0n) is 14.3. The molecule has 2 aliphatic rings. The van der Waals surface area contributed by atoms with Crippen molar-refractivity contribution in [1.29, 1.82) is 0 Å². The summed E-state index contributed by atoms with van der Waals surface area (Å²) in [7, 11) is 1.83. The highest BCUT2D eigenvalue weighted by Gasteiger charge is 2.26. The van der Waals surface area contributed by atoms with Gasteiger partial charge in [-0.2, -0.15) is 0 Å². The Morgan fingerprint density at radius 1 is 1.29 bits per heavy atom. The monoisotopic (exact) mass is 445 g/mol. The molecule has 3 rings (SSSR count). The van der Waals surface area contributed by atoms with Crippen LogP contribution in [0.5, 0.6) is 0 Å². The third-order valence-electron chi connectivity index (χ3n) is 4.91. The number of aliphatic hydroxyl groups is 1. The van der Waals surface area contributed by atoms with E-state index in [1.165, 1.54) is 0 Å². The molecule has 2 atom stereocenters. The molecule has 1 saturated carbocycles. The first-order chi connectivity index (χ1) is 11.3. The highest BCUT2D eigenvalue weighted by Crippen LogP contribution is 2.24. The van der Waals surface area contributed by atoms with Gasteiger partial charge in [0.2, 0.25) is 0 Å². The number of nitrogens with one attached hydrogen (secondary N) is 1. The highest BCUT2D eigenvalue weighted by atomic mass is 127. The summed E-state index contributed by atoms with van der Waals surface area (Å²) in [6.07, 6.45) is 4.87. The van der Waals surface area contributed by atoms with Crippen LogP contribution >= 0.6 is 24.0 Å². The SMILES string of the molecule is CN=C(NCC1CCCC1O)N1CCN(c2ccccn2)CC1.I. The normalized spacial score (nSPS) is 24.7. The molecule has 24 heavy (non-hydrogen) atoms. The van der Waals surface area contributed by atoms with Gasteiger partial charge in [0.15, 0.2) is 5.96 Å². The van der Waals surface area contributed by atoms with Gasteiger partial charge in [0, 0.05) is 51.9 Å². The van der Waals surface area contributed by atoms with Gasteiger partial charge in [0.25, 0.3) is 0 Å². The molecule has 1 aromatic rings. The first kappa shape index (κ1) is 19.2. The van der Waals surface area contributed by atoms with Crippen LogP contribution in [0, 0.1) is 5.92 Å². The van der Waals surface area contributed by atoms with Crippen molar-refractivity contribution >= 4 is 35.8 Å². The molecule has 0 spiro atoms. The molecule has 0 aromatic carbocycles. The Morgan fingerprint density at radius 2 is 2.08 bits per heavy atom. The van der Waals surface area contributed by atoms with Crippen LogP contribution in [0.25, 0.3) is 0 Å². The quantitative estimate of drug-likeness (QED) is 0.420. The molecule has 2 heterocycles. The van der Waals surface area contributed by atoms with Crippen LogP contribution in [0.3, 0.4) is 0 Å². The summed E-state index contributed by atoms with van der Waals surface area (Å²) in [6, 6.07) is 6.04. The van der Waals surface area contributed by atoms with E-state index >= 15 is 0 Å². The molecule has 7 heteroatoms. The van der Waals surface area contributed by atoms with Gasteiger partial charge >= 0.3 is 0 Å². The van der Waals surface area contributed by atoms with Gasteiger partial charge in [0.1, 0.15) is 5.82 Å². The molecule has 134 valence electrons. The molecule has 0 amide bonds. The van der Waals surface area contributed by atoms with Gasteiger partial charge in [-0.05, 0) is 25.0 Å². The van der Waals surface area contributed by atoms with E-state index in [1.807, 2.05) is 25.4 Å². The number of aliphatic hydroxyl groups excluding tert-OH is 1. The van der Waals surface area contributed by atoms with Crippen LogP contribution in [-0.2, 0) is 0 Å². The van der Waals surface area contributed by atoms with Gasteiger partial charge < -0.3 is 20.2 Å².